The van der Waals surface area contributed by atoms with Crippen LogP contribution in [0.25, 0.3) is 28.0 Å². The zero-order valence-electron chi connectivity index (χ0n) is 22.2. The van der Waals surface area contributed by atoms with E-state index in [1.807, 2.05) is 9.30 Å². The van der Waals surface area contributed by atoms with E-state index in [2.05, 4.69) is 4.90 Å². The van der Waals surface area contributed by atoms with Gasteiger partial charge in [0.15, 0.2) is 0 Å². The van der Waals surface area contributed by atoms with E-state index in [1.165, 1.54) is 18.2 Å². The molecule has 0 N–H and O–H groups in total. The van der Waals surface area contributed by atoms with Gasteiger partial charge in [-0.25, -0.2) is 4.98 Å². The molecule has 6 rings (SSSR count). The van der Waals surface area contributed by atoms with Crippen molar-refractivity contribution in [3.8, 4) is 22.4 Å². The van der Waals surface area contributed by atoms with Crippen LogP contribution in [0, 0.1) is 16.0 Å². The van der Waals surface area contributed by atoms with E-state index in [0.29, 0.717) is 60.8 Å². The Labute approximate surface area is 234 Å². The molecule has 0 unspecified atom stereocenters. The average molecular weight is 564 g/mol. The number of pyridine rings is 1. The summed E-state index contributed by atoms with van der Waals surface area (Å²) in [4.78, 5) is 32.7. The topological polar surface area (TPSA) is 84.0 Å². The number of piperazine rings is 1. The summed E-state index contributed by atoms with van der Waals surface area (Å²) in [5.41, 5.74) is 2.72. The number of non-ortho nitro benzene ring substituents is 1. The van der Waals surface area contributed by atoms with Crippen LogP contribution >= 0.6 is 0 Å². The fourth-order valence-corrected chi connectivity index (χ4v) is 5.54. The number of amides is 1. The number of rotatable bonds is 6. The van der Waals surface area contributed by atoms with Crippen LogP contribution in [-0.4, -0.2) is 56.2 Å². The number of hydrogen-bond acceptors (Lipinski definition) is 5. The molecule has 1 saturated heterocycles. The quantitative estimate of drug-likeness (QED) is 0.211. The molecule has 0 bridgehead atoms. The van der Waals surface area contributed by atoms with Crippen LogP contribution in [0.2, 0.25) is 0 Å². The SMILES string of the molecule is O=C(C1CCC1)N1CCN(Cc2c(-c3cccc([N+](=O)[O-])c3)nc3ccc(-c4cccc(C(F)(F)F)c4)cn23)CC1. The molecule has 41 heavy (non-hydrogen) atoms. The van der Waals surface area contributed by atoms with E-state index in [9.17, 15) is 28.1 Å². The zero-order valence-corrected chi connectivity index (χ0v) is 22.2. The molecule has 2 fully saturated rings. The summed E-state index contributed by atoms with van der Waals surface area (Å²) in [7, 11) is 0. The third-order valence-electron chi connectivity index (χ3n) is 8.08. The monoisotopic (exact) mass is 563 g/mol. The molecule has 212 valence electrons. The van der Waals surface area contributed by atoms with Gasteiger partial charge in [0, 0.05) is 62.5 Å². The molecule has 2 aromatic carbocycles. The maximum absolute atomic E-state index is 13.4. The number of imidazole rings is 1. The number of hydrogen-bond donors (Lipinski definition) is 0. The lowest BCUT2D eigenvalue weighted by Gasteiger charge is -2.38. The zero-order chi connectivity index (χ0) is 28.7. The maximum atomic E-state index is 13.4. The number of nitrogens with zero attached hydrogens (tertiary/aromatic N) is 5. The Hall–Kier alpha value is -4.25. The standard InChI is InChI=1S/C30H28F3N5O3/c31-30(32,33)24-8-2-6-21(16-24)23-10-11-27-34-28(22-7-3-9-25(17-22)38(40)41)26(37(27)18-23)19-35-12-14-36(15-13-35)29(39)20-4-1-5-20/h2-3,6-11,16-18,20H,1,4-5,12-15,19H2. The molecule has 11 heteroatoms. The minimum absolute atomic E-state index is 0.0571. The van der Waals surface area contributed by atoms with Crippen LogP contribution in [-0.2, 0) is 17.5 Å². The van der Waals surface area contributed by atoms with Gasteiger partial charge in [0.1, 0.15) is 5.65 Å². The van der Waals surface area contributed by atoms with Gasteiger partial charge < -0.3 is 9.30 Å². The molecule has 1 aliphatic carbocycles. The number of aromatic nitrogens is 2. The van der Waals surface area contributed by atoms with Gasteiger partial charge in [0.05, 0.1) is 21.9 Å². The van der Waals surface area contributed by atoms with Gasteiger partial charge in [-0.15, -0.1) is 0 Å². The van der Waals surface area contributed by atoms with Crippen molar-refractivity contribution in [2.45, 2.75) is 32.0 Å². The van der Waals surface area contributed by atoms with E-state index in [-0.39, 0.29) is 17.5 Å². The Bertz CT molecular complexity index is 1620. The lowest BCUT2D eigenvalue weighted by atomic mass is 9.84. The Morgan fingerprint density at radius 3 is 2.37 bits per heavy atom. The highest BCUT2D eigenvalue weighted by Gasteiger charge is 2.32. The van der Waals surface area contributed by atoms with Crippen LogP contribution in [0.3, 0.4) is 0 Å². The van der Waals surface area contributed by atoms with Gasteiger partial charge >= 0.3 is 6.18 Å². The van der Waals surface area contributed by atoms with Gasteiger partial charge in [-0.05, 0) is 48.2 Å². The highest BCUT2D eigenvalue weighted by Crippen LogP contribution is 2.34. The third kappa shape index (κ3) is 5.41. The van der Waals surface area contributed by atoms with Crippen LogP contribution in [0.1, 0.15) is 30.5 Å². The molecule has 3 heterocycles. The third-order valence-corrected chi connectivity index (χ3v) is 8.08. The minimum Gasteiger partial charge on any atom is -0.340 e. The average Bonchev–Trinajstić information content (AvgIpc) is 3.29. The summed E-state index contributed by atoms with van der Waals surface area (Å²) >= 11 is 0. The number of halogens is 3. The molecule has 1 amide bonds. The minimum atomic E-state index is -4.46. The number of benzene rings is 2. The largest absolute Gasteiger partial charge is 0.416 e. The first-order chi connectivity index (χ1) is 19.7. The summed E-state index contributed by atoms with van der Waals surface area (Å²) in [6.45, 7) is 3.01. The molecule has 4 aromatic rings. The lowest BCUT2D eigenvalue weighted by molar-refractivity contribution is -0.384. The fourth-order valence-electron chi connectivity index (χ4n) is 5.54. The molecular weight excluding hydrogens is 535 g/mol. The molecule has 2 aromatic heterocycles. The van der Waals surface area contributed by atoms with Crippen molar-refractivity contribution in [2.75, 3.05) is 26.2 Å². The van der Waals surface area contributed by atoms with Crippen LogP contribution in [0.15, 0.2) is 66.9 Å². The number of alkyl halides is 3. The number of carbonyl (C=O) groups is 1. The Morgan fingerprint density at radius 2 is 1.68 bits per heavy atom. The molecule has 0 radical (unpaired) electrons. The fraction of sp³-hybridized carbons (Fsp3) is 0.333. The van der Waals surface area contributed by atoms with Gasteiger partial charge in [0.25, 0.3) is 5.69 Å². The van der Waals surface area contributed by atoms with Crippen molar-refractivity contribution in [2.24, 2.45) is 5.92 Å². The maximum Gasteiger partial charge on any atom is 0.416 e. The van der Waals surface area contributed by atoms with E-state index in [1.54, 1.807) is 36.5 Å². The highest BCUT2D eigenvalue weighted by atomic mass is 19.4. The van der Waals surface area contributed by atoms with E-state index in [0.717, 1.165) is 37.1 Å². The predicted molar refractivity (Wildman–Crippen MR) is 147 cm³/mol. The number of carbonyl (C=O) groups excluding carboxylic acids is 1. The number of nitro benzene ring substituents is 1. The normalized spacial score (nSPS) is 16.6. The van der Waals surface area contributed by atoms with Gasteiger partial charge in [-0.1, -0.05) is 30.7 Å². The van der Waals surface area contributed by atoms with E-state index < -0.39 is 16.7 Å². The van der Waals surface area contributed by atoms with Crippen molar-refractivity contribution in [3.05, 3.63) is 88.2 Å². The second kappa shape index (κ2) is 10.6. The molecule has 0 atom stereocenters. The van der Waals surface area contributed by atoms with Crippen molar-refractivity contribution in [1.29, 1.82) is 0 Å². The van der Waals surface area contributed by atoms with Gasteiger partial charge in [-0.2, -0.15) is 13.2 Å². The first-order valence-electron chi connectivity index (χ1n) is 13.6. The van der Waals surface area contributed by atoms with Crippen molar-refractivity contribution in [3.63, 3.8) is 0 Å². The molecule has 1 aliphatic heterocycles. The van der Waals surface area contributed by atoms with E-state index >= 15 is 0 Å². The van der Waals surface area contributed by atoms with Gasteiger partial charge in [0.2, 0.25) is 5.91 Å². The number of nitro groups is 1. The van der Waals surface area contributed by atoms with Crippen molar-refractivity contribution < 1.29 is 22.9 Å². The van der Waals surface area contributed by atoms with Crippen LogP contribution in [0.5, 0.6) is 0 Å². The summed E-state index contributed by atoms with van der Waals surface area (Å²) in [5.74, 6) is 0.379. The van der Waals surface area contributed by atoms with Crippen LogP contribution in [0.4, 0.5) is 18.9 Å². The highest BCUT2D eigenvalue weighted by molar-refractivity contribution is 5.79. The summed E-state index contributed by atoms with van der Waals surface area (Å²) in [5, 5.41) is 11.5. The van der Waals surface area contributed by atoms with Crippen molar-refractivity contribution in [1.82, 2.24) is 19.2 Å². The lowest BCUT2D eigenvalue weighted by Crippen LogP contribution is -2.50. The Morgan fingerprint density at radius 1 is 0.951 bits per heavy atom. The molecule has 2 aliphatic rings. The first kappa shape index (κ1) is 26.9. The second-order valence-electron chi connectivity index (χ2n) is 10.7. The van der Waals surface area contributed by atoms with Crippen LogP contribution < -0.4 is 0 Å². The first-order valence-corrected chi connectivity index (χ1v) is 13.6. The van der Waals surface area contributed by atoms with Crippen molar-refractivity contribution >= 4 is 17.2 Å². The summed E-state index contributed by atoms with van der Waals surface area (Å²) in [6, 6.07) is 14.9. The smallest absolute Gasteiger partial charge is 0.340 e. The molecule has 0 spiro atoms. The van der Waals surface area contributed by atoms with Gasteiger partial charge in [-0.3, -0.25) is 19.8 Å². The molecular formula is C30H28F3N5O3. The number of fused-ring (bicyclic) bond motifs is 1. The second-order valence-corrected chi connectivity index (χ2v) is 10.7. The Kier molecular flexibility index (Phi) is 6.98. The summed E-state index contributed by atoms with van der Waals surface area (Å²) < 4.78 is 42.0. The predicted octanol–water partition coefficient (Wildman–Crippen LogP) is 6.04. The molecule has 1 saturated carbocycles. The molecule has 8 nitrogen and oxygen atoms in total. The Balaban J connectivity index is 1.36. The van der Waals surface area contributed by atoms with E-state index in [4.69, 9.17) is 4.98 Å². The summed E-state index contributed by atoms with van der Waals surface area (Å²) in [6.07, 6.45) is 0.332.